The topological polar surface area (TPSA) is 55.6 Å². The van der Waals surface area contributed by atoms with Crippen LogP contribution in [0.25, 0.3) is 0 Å². The lowest BCUT2D eigenvalue weighted by Crippen LogP contribution is -2.35. The van der Waals surface area contributed by atoms with Crippen LogP contribution in [-0.2, 0) is 0 Å². The van der Waals surface area contributed by atoms with Crippen molar-refractivity contribution in [1.29, 1.82) is 0 Å². The summed E-state index contributed by atoms with van der Waals surface area (Å²) in [5, 5.41) is 0. The molecular weight excluding hydrogens is 328 g/mol. The summed E-state index contributed by atoms with van der Waals surface area (Å²) in [5.41, 5.74) is 5.90. The number of para-hydroxylation sites is 1. The van der Waals surface area contributed by atoms with Crippen LogP contribution in [0.15, 0.2) is 24.3 Å². The number of nitrogens with two attached hydrogens (primary N) is 1. The largest absolute Gasteiger partial charge is 0.461 e. The first-order valence-electron chi connectivity index (χ1n) is 7.78. The second-order valence-corrected chi connectivity index (χ2v) is 6.34. The van der Waals surface area contributed by atoms with Gasteiger partial charge in [0.1, 0.15) is 5.75 Å². The van der Waals surface area contributed by atoms with Crippen molar-refractivity contribution in [2.75, 3.05) is 13.1 Å². The van der Waals surface area contributed by atoms with Gasteiger partial charge >= 0.3 is 12.5 Å². The molecule has 8 heteroatoms. The maximum absolute atomic E-state index is 13.2. The van der Waals surface area contributed by atoms with Crippen LogP contribution >= 0.6 is 0 Å². The number of alkyl halides is 4. The van der Waals surface area contributed by atoms with Crippen LogP contribution < -0.4 is 10.5 Å². The molecule has 4 nitrogen and oxygen atoms in total. The maximum Gasteiger partial charge on any atom is 0.461 e. The number of carbonyl (C=O) groups is 1. The number of halogens is 4. The highest BCUT2D eigenvalue weighted by Crippen LogP contribution is 2.41. The van der Waals surface area contributed by atoms with Crippen LogP contribution in [0.3, 0.4) is 0 Å². The van der Waals surface area contributed by atoms with E-state index in [1.165, 1.54) is 23.1 Å². The van der Waals surface area contributed by atoms with E-state index in [4.69, 9.17) is 5.73 Å². The number of rotatable bonds is 5. The van der Waals surface area contributed by atoms with E-state index < -0.39 is 24.2 Å². The van der Waals surface area contributed by atoms with Crippen molar-refractivity contribution in [3.63, 3.8) is 0 Å². The number of benzene rings is 1. The second-order valence-electron chi connectivity index (χ2n) is 6.34. The van der Waals surface area contributed by atoms with Crippen molar-refractivity contribution in [2.24, 2.45) is 17.6 Å². The fourth-order valence-corrected chi connectivity index (χ4v) is 3.14. The molecule has 0 unspecified atom stereocenters. The summed E-state index contributed by atoms with van der Waals surface area (Å²) in [7, 11) is 0. The smallest absolute Gasteiger partial charge is 0.427 e. The number of likely N-dealkylation sites (tertiary alicyclic amines) is 1. The van der Waals surface area contributed by atoms with Crippen molar-refractivity contribution in [3.05, 3.63) is 29.8 Å². The predicted molar refractivity (Wildman–Crippen MR) is 78.1 cm³/mol. The highest BCUT2D eigenvalue weighted by Gasteiger charge is 2.46. The molecule has 0 aromatic heterocycles. The van der Waals surface area contributed by atoms with Gasteiger partial charge in [-0.15, -0.1) is 0 Å². The van der Waals surface area contributed by atoms with Crippen LogP contribution in [0.5, 0.6) is 5.75 Å². The van der Waals surface area contributed by atoms with Gasteiger partial charge in [0.05, 0.1) is 5.56 Å². The van der Waals surface area contributed by atoms with Crippen LogP contribution in [-0.4, -0.2) is 42.5 Å². The normalized spacial score (nSPS) is 24.5. The van der Waals surface area contributed by atoms with Gasteiger partial charge in [-0.25, -0.2) is 0 Å². The third-order valence-corrected chi connectivity index (χ3v) is 4.54. The number of amides is 1. The molecule has 1 aromatic rings. The van der Waals surface area contributed by atoms with E-state index in [1.54, 1.807) is 0 Å². The molecule has 2 aliphatic rings. The Morgan fingerprint density at radius 3 is 2.54 bits per heavy atom. The highest BCUT2D eigenvalue weighted by atomic mass is 19.3. The molecule has 24 heavy (non-hydrogen) atoms. The predicted octanol–water partition coefficient (Wildman–Crippen LogP) is 2.73. The molecule has 1 aliphatic carbocycles. The summed E-state index contributed by atoms with van der Waals surface area (Å²) in [6.45, 7) is 0.768. The second kappa shape index (κ2) is 6.23. The number of carbonyl (C=O) groups excluding carboxylic acids is 1. The fourth-order valence-electron chi connectivity index (χ4n) is 3.14. The van der Waals surface area contributed by atoms with Gasteiger partial charge in [0.15, 0.2) is 0 Å². The van der Waals surface area contributed by atoms with E-state index in [0.29, 0.717) is 19.0 Å². The first-order chi connectivity index (χ1) is 11.3. The average Bonchev–Trinajstić information content (AvgIpc) is 3.29. The monoisotopic (exact) mass is 346 g/mol. The molecule has 132 valence electrons. The van der Waals surface area contributed by atoms with Crippen molar-refractivity contribution in [1.82, 2.24) is 4.90 Å². The van der Waals surface area contributed by atoms with E-state index in [0.717, 1.165) is 18.9 Å². The minimum absolute atomic E-state index is 0.156. The van der Waals surface area contributed by atoms with Gasteiger partial charge in [-0.05, 0) is 36.8 Å². The van der Waals surface area contributed by atoms with Gasteiger partial charge in [-0.1, -0.05) is 12.1 Å². The van der Waals surface area contributed by atoms with E-state index in [2.05, 4.69) is 4.74 Å². The summed E-state index contributed by atoms with van der Waals surface area (Å²) < 4.78 is 55.2. The molecule has 2 atom stereocenters. The minimum atomic E-state index is -4.66. The lowest BCUT2D eigenvalue weighted by atomic mass is 9.99. The van der Waals surface area contributed by atoms with Crippen LogP contribution in [0.1, 0.15) is 23.2 Å². The Kier molecular flexibility index (Phi) is 4.42. The SMILES string of the molecule is N[C@H]1CN(C(=O)c2ccccc2OC(F)(F)C(F)F)C[C@@H]1C1CC1. The van der Waals surface area contributed by atoms with Crippen LogP contribution in [0.4, 0.5) is 17.6 Å². The molecule has 0 spiro atoms. The third-order valence-electron chi connectivity index (χ3n) is 4.54. The Hall–Kier alpha value is -1.83. The number of nitrogens with zero attached hydrogens (tertiary/aromatic N) is 1. The molecule has 1 heterocycles. The van der Waals surface area contributed by atoms with Crippen LogP contribution in [0, 0.1) is 11.8 Å². The molecule has 3 rings (SSSR count). The van der Waals surface area contributed by atoms with Gasteiger partial charge < -0.3 is 15.4 Å². The van der Waals surface area contributed by atoms with E-state index >= 15 is 0 Å². The lowest BCUT2D eigenvalue weighted by molar-refractivity contribution is -0.253. The van der Waals surface area contributed by atoms with Crippen molar-refractivity contribution in [3.8, 4) is 5.75 Å². The average molecular weight is 346 g/mol. The summed E-state index contributed by atoms with van der Waals surface area (Å²) in [4.78, 5) is 14.1. The Labute approximate surface area is 136 Å². The third kappa shape index (κ3) is 3.33. The zero-order valence-electron chi connectivity index (χ0n) is 12.8. The van der Waals surface area contributed by atoms with Gasteiger partial charge in [0.25, 0.3) is 5.91 Å². The number of hydrogen-bond donors (Lipinski definition) is 1. The summed E-state index contributed by atoms with van der Waals surface area (Å²) in [6.07, 6.45) is -6.48. The quantitative estimate of drug-likeness (QED) is 0.834. The molecular formula is C16H18F4N2O2. The standard InChI is InChI=1S/C16H18F4N2O2/c17-15(18)16(19,20)24-13-4-2-1-3-10(13)14(23)22-7-11(9-5-6-9)12(21)8-22/h1-4,9,11-12,15H,5-8,21H2/t11-,12+/m1/s1. The highest BCUT2D eigenvalue weighted by molar-refractivity contribution is 5.97. The molecule has 1 saturated heterocycles. The molecule has 1 amide bonds. The fraction of sp³-hybridized carbons (Fsp3) is 0.562. The molecule has 0 radical (unpaired) electrons. The van der Waals surface area contributed by atoms with E-state index in [-0.39, 0.29) is 17.5 Å². The Balaban J connectivity index is 1.78. The molecule has 1 saturated carbocycles. The van der Waals surface area contributed by atoms with Gasteiger partial charge in [0, 0.05) is 19.1 Å². The minimum Gasteiger partial charge on any atom is -0.427 e. The summed E-state index contributed by atoms with van der Waals surface area (Å²) >= 11 is 0. The Bertz CT molecular complexity index is 622. The molecule has 1 aliphatic heterocycles. The number of ether oxygens (including phenoxy) is 1. The molecule has 1 aromatic carbocycles. The van der Waals surface area contributed by atoms with Crippen molar-refractivity contribution >= 4 is 5.91 Å². The first-order valence-corrected chi connectivity index (χ1v) is 7.78. The number of hydrogen-bond acceptors (Lipinski definition) is 3. The molecule has 2 N–H and O–H groups in total. The van der Waals surface area contributed by atoms with Crippen LogP contribution in [0.2, 0.25) is 0 Å². The van der Waals surface area contributed by atoms with Crippen molar-refractivity contribution in [2.45, 2.75) is 31.4 Å². The summed E-state index contributed by atoms with van der Waals surface area (Å²) in [6, 6.07) is 5.02. The first kappa shape index (κ1) is 17.0. The molecule has 0 bridgehead atoms. The van der Waals surface area contributed by atoms with Gasteiger partial charge in [-0.2, -0.15) is 17.6 Å². The van der Waals surface area contributed by atoms with Crippen molar-refractivity contribution < 1.29 is 27.1 Å². The molecule has 2 fully saturated rings. The zero-order valence-corrected chi connectivity index (χ0v) is 12.8. The summed E-state index contributed by atoms with van der Waals surface area (Å²) in [5.74, 6) is -0.387. The zero-order chi connectivity index (χ0) is 17.5. The van der Waals surface area contributed by atoms with Gasteiger partial charge in [0.2, 0.25) is 0 Å². The lowest BCUT2D eigenvalue weighted by Gasteiger charge is -2.21. The Morgan fingerprint density at radius 1 is 1.25 bits per heavy atom. The Morgan fingerprint density at radius 2 is 1.92 bits per heavy atom. The maximum atomic E-state index is 13.2. The van der Waals surface area contributed by atoms with Gasteiger partial charge in [-0.3, -0.25) is 4.79 Å². The van der Waals surface area contributed by atoms with E-state index in [9.17, 15) is 22.4 Å². The van der Waals surface area contributed by atoms with E-state index in [1.807, 2.05) is 0 Å².